The second kappa shape index (κ2) is 11.5. The summed E-state index contributed by atoms with van der Waals surface area (Å²) in [7, 11) is 1.90. The number of halogens is 2. The average molecular weight is 525 g/mol. The Kier molecular flexibility index (Phi) is 8.13. The molecule has 7 nitrogen and oxygen atoms in total. The zero-order valence-corrected chi connectivity index (χ0v) is 21.3. The number of benzene rings is 2. The predicted molar refractivity (Wildman–Crippen MR) is 144 cm³/mol. The Balaban J connectivity index is 1.56. The molecule has 0 N–H and O–H groups in total. The monoisotopic (exact) mass is 524 g/mol. The molecule has 36 heavy (non-hydrogen) atoms. The molecule has 1 saturated heterocycles. The maximum Gasteiger partial charge on any atom is 0.246 e. The minimum absolute atomic E-state index is 0.126. The summed E-state index contributed by atoms with van der Waals surface area (Å²) in [6.45, 7) is 4.69. The summed E-state index contributed by atoms with van der Waals surface area (Å²) >= 11 is 12.3. The minimum atomic E-state index is -0.145. The molecule has 186 valence electrons. The van der Waals surface area contributed by atoms with Crippen LogP contribution in [-0.2, 0) is 9.59 Å². The number of piperidine rings is 1. The van der Waals surface area contributed by atoms with Crippen molar-refractivity contribution in [3.05, 3.63) is 83.6 Å². The highest BCUT2D eigenvalue weighted by atomic mass is 35.5. The van der Waals surface area contributed by atoms with Crippen molar-refractivity contribution in [2.75, 3.05) is 29.9 Å². The largest absolute Gasteiger partial charge is 0.456 e. The van der Waals surface area contributed by atoms with Crippen molar-refractivity contribution in [2.45, 2.75) is 18.9 Å². The van der Waals surface area contributed by atoms with Crippen LogP contribution in [0, 0.1) is 0 Å². The lowest BCUT2D eigenvalue weighted by Crippen LogP contribution is -2.49. The van der Waals surface area contributed by atoms with Gasteiger partial charge in [-0.1, -0.05) is 35.8 Å². The van der Waals surface area contributed by atoms with E-state index >= 15 is 0 Å². The summed E-state index contributed by atoms with van der Waals surface area (Å²) in [6, 6.07) is 14.4. The predicted octanol–water partition coefficient (Wildman–Crippen LogP) is 6.09. The van der Waals surface area contributed by atoms with Crippen LogP contribution < -0.4 is 14.5 Å². The van der Waals surface area contributed by atoms with Crippen molar-refractivity contribution in [1.29, 1.82) is 0 Å². The third-order valence-electron chi connectivity index (χ3n) is 6.18. The van der Waals surface area contributed by atoms with E-state index < -0.39 is 0 Å². The average Bonchev–Trinajstić information content (AvgIpc) is 2.92. The van der Waals surface area contributed by atoms with Crippen LogP contribution >= 0.6 is 23.2 Å². The fraction of sp³-hybridized carbons (Fsp3) is 0.222. The fourth-order valence-electron chi connectivity index (χ4n) is 4.27. The minimum Gasteiger partial charge on any atom is -0.456 e. The number of hydrogen-bond acceptors (Lipinski definition) is 5. The number of nitrogens with zero attached hydrogens (tertiary/aromatic N) is 4. The third-order valence-corrected chi connectivity index (χ3v) is 6.98. The van der Waals surface area contributed by atoms with Gasteiger partial charge in [-0.3, -0.25) is 14.6 Å². The van der Waals surface area contributed by atoms with Crippen molar-refractivity contribution in [1.82, 2.24) is 9.88 Å². The Bertz CT molecular complexity index is 1250. The summed E-state index contributed by atoms with van der Waals surface area (Å²) in [5.41, 5.74) is 2.33. The number of amides is 2. The first kappa shape index (κ1) is 25.5. The SMILES string of the molecule is C=CC(=O)N1CCCC(N(C=O)c2ccncc2N(C)c2ccc(Oc3cccc(Cl)c3Cl)cc2)C1. The van der Waals surface area contributed by atoms with E-state index in [1.54, 1.807) is 40.4 Å². The van der Waals surface area contributed by atoms with Crippen LogP contribution in [0.15, 0.2) is 73.6 Å². The first-order chi connectivity index (χ1) is 17.4. The zero-order valence-electron chi connectivity index (χ0n) is 19.8. The van der Waals surface area contributed by atoms with Gasteiger partial charge in [0.1, 0.15) is 16.5 Å². The van der Waals surface area contributed by atoms with Gasteiger partial charge in [0.2, 0.25) is 12.3 Å². The normalized spacial score (nSPS) is 15.2. The van der Waals surface area contributed by atoms with Gasteiger partial charge in [0.25, 0.3) is 0 Å². The summed E-state index contributed by atoms with van der Waals surface area (Å²) < 4.78 is 5.89. The first-order valence-corrected chi connectivity index (χ1v) is 12.2. The Hall–Kier alpha value is -3.55. The van der Waals surface area contributed by atoms with Gasteiger partial charge < -0.3 is 19.4 Å². The quantitative estimate of drug-likeness (QED) is 0.263. The molecular weight excluding hydrogens is 499 g/mol. The molecular formula is C27H26Cl2N4O3. The van der Waals surface area contributed by atoms with E-state index in [9.17, 15) is 9.59 Å². The van der Waals surface area contributed by atoms with Crippen molar-refractivity contribution >= 4 is 52.6 Å². The molecule has 1 aliphatic rings. The van der Waals surface area contributed by atoms with Gasteiger partial charge in [0.05, 0.1) is 28.6 Å². The number of rotatable bonds is 8. The van der Waals surface area contributed by atoms with Gasteiger partial charge in [-0.05, 0) is 61.4 Å². The van der Waals surface area contributed by atoms with Crippen molar-refractivity contribution < 1.29 is 14.3 Å². The van der Waals surface area contributed by atoms with Crippen LogP contribution in [0.5, 0.6) is 11.5 Å². The van der Waals surface area contributed by atoms with Crippen LogP contribution in [0.3, 0.4) is 0 Å². The highest BCUT2D eigenvalue weighted by Crippen LogP contribution is 2.37. The lowest BCUT2D eigenvalue weighted by molar-refractivity contribution is -0.127. The van der Waals surface area contributed by atoms with E-state index in [-0.39, 0.29) is 11.9 Å². The molecule has 0 saturated carbocycles. The number of aromatic nitrogens is 1. The van der Waals surface area contributed by atoms with Crippen LogP contribution in [0.2, 0.25) is 10.0 Å². The lowest BCUT2D eigenvalue weighted by atomic mass is 10.0. The molecule has 0 spiro atoms. The lowest BCUT2D eigenvalue weighted by Gasteiger charge is -2.38. The van der Waals surface area contributed by atoms with Gasteiger partial charge >= 0.3 is 0 Å². The number of anilines is 3. The summed E-state index contributed by atoms with van der Waals surface area (Å²) in [4.78, 5) is 34.1. The summed E-state index contributed by atoms with van der Waals surface area (Å²) in [5.74, 6) is 0.948. The molecule has 1 aromatic heterocycles. The number of carbonyl (C=O) groups is 2. The second-order valence-corrected chi connectivity index (χ2v) is 9.15. The summed E-state index contributed by atoms with van der Waals surface area (Å²) in [6.07, 6.45) is 7.12. The molecule has 0 aliphatic carbocycles. The van der Waals surface area contributed by atoms with Crippen molar-refractivity contribution in [2.24, 2.45) is 0 Å². The highest BCUT2D eigenvalue weighted by Gasteiger charge is 2.29. The van der Waals surface area contributed by atoms with E-state index in [4.69, 9.17) is 27.9 Å². The Labute approximate surface area is 220 Å². The van der Waals surface area contributed by atoms with Gasteiger partial charge in [-0.25, -0.2) is 0 Å². The second-order valence-electron chi connectivity index (χ2n) is 8.37. The fourth-order valence-corrected chi connectivity index (χ4v) is 4.60. The molecule has 2 heterocycles. The van der Waals surface area contributed by atoms with E-state index in [1.165, 1.54) is 6.08 Å². The maximum atomic E-state index is 12.3. The maximum absolute atomic E-state index is 12.3. The van der Waals surface area contributed by atoms with Gasteiger partial charge in [0.15, 0.2) is 0 Å². The van der Waals surface area contributed by atoms with Crippen LogP contribution in [0.1, 0.15) is 12.8 Å². The highest BCUT2D eigenvalue weighted by molar-refractivity contribution is 6.42. The van der Waals surface area contributed by atoms with E-state index in [0.29, 0.717) is 40.3 Å². The smallest absolute Gasteiger partial charge is 0.246 e. The number of ether oxygens (including phenoxy) is 1. The number of carbonyl (C=O) groups excluding carboxylic acids is 2. The van der Waals surface area contributed by atoms with Crippen LogP contribution in [0.25, 0.3) is 0 Å². The molecule has 9 heteroatoms. The topological polar surface area (TPSA) is 66.0 Å². The molecule has 1 unspecified atom stereocenters. The number of hydrogen-bond donors (Lipinski definition) is 0. The molecule has 3 aromatic rings. The zero-order chi connectivity index (χ0) is 25.7. The molecule has 1 fully saturated rings. The Morgan fingerprint density at radius 2 is 1.94 bits per heavy atom. The number of likely N-dealkylation sites (tertiary alicyclic amines) is 1. The Morgan fingerprint density at radius 1 is 1.17 bits per heavy atom. The van der Waals surface area contributed by atoms with E-state index in [1.807, 2.05) is 42.3 Å². The Morgan fingerprint density at radius 3 is 2.67 bits per heavy atom. The van der Waals surface area contributed by atoms with Gasteiger partial charge in [-0.2, -0.15) is 0 Å². The van der Waals surface area contributed by atoms with E-state index in [0.717, 1.165) is 30.6 Å². The standard InChI is InChI=1S/C27H26Cl2N4O3/c1-3-26(35)32-15-5-6-20(17-32)33(18-34)23-13-14-30-16-24(23)31(2)19-9-11-21(12-10-19)36-25-8-4-7-22(28)27(25)29/h3-4,7-14,16,18,20H,1,5-6,15,17H2,2H3. The molecule has 0 bridgehead atoms. The van der Waals surface area contributed by atoms with Gasteiger partial charge in [-0.15, -0.1) is 0 Å². The molecule has 4 rings (SSSR count). The van der Waals surface area contributed by atoms with Crippen molar-refractivity contribution in [3.8, 4) is 11.5 Å². The first-order valence-electron chi connectivity index (χ1n) is 11.5. The molecule has 1 atom stereocenters. The summed E-state index contributed by atoms with van der Waals surface area (Å²) in [5, 5.41) is 0.773. The van der Waals surface area contributed by atoms with Crippen LogP contribution in [-0.4, -0.2) is 48.4 Å². The number of pyridine rings is 1. The third kappa shape index (κ3) is 5.48. The molecule has 1 aliphatic heterocycles. The van der Waals surface area contributed by atoms with Gasteiger partial charge in [0, 0.05) is 32.0 Å². The van der Waals surface area contributed by atoms with E-state index in [2.05, 4.69) is 11.6 Å². The molecule has 2 aromatic carbocycles. The van der Waals surface area contributed by atoms with Crippen LogP contribution in [0.4, 0.5) is 17.1 Å². The molecule has 2 amide bonds. The van der Waals surface area contributed by atoms with Crippen molar-refractivity contribution in [3.63, 3.8) is 0 Å². The molecule has 0 radical (unpaired) electrons.